The van der Waals surface area contributed by atoms with Crippen LogP contribution in [0.3, 0.4) is 0 Å². The fourth-order valence-corrected chi connectivity index (χ4v) is 2.55. The number of ether oxygens (including phenoxy) is 1. The predicted molar refractivity (Wildman–Crippen MR) is 67.3 cm³/mol. The van der Waals surface area contributed by atoms with Crippen LogP contribution in [0.2, 0.25) is 0 Å². The van der Waals surface area contributed by atoms with E-state index in [2.05, 4.69) is 0 Å². The summed E-state index contributed by atoms with van der Waals surface area (Å²) < 4.78 is 6.43. The third-order valence-corrected chi connectivity index (χ3v) is 3.33. The van der Waals surface area contributed by atoms with E-state index in [-0.39, 0.29) is 12.4 Å². The molecule has 0 amide bonds. The highest BCUT2D eigenvalue weighted by atomic mass is 32.1. The molecule has 2 nitrogen and oxygen atoms in total. The van der Waals surface area contributed by atoms with Gasteiger partial charge in [-0.25, -0.2) is 0 Å². The van der Waals surface area contributed by atoms with E-state index in [0.29, 0.717) is 6.61 Å². The number of carbonyl (C=O) groups is 1. The van der Waals surface area contributed by atoms with Gasteiger partial charge in [-0.15, -0.1) is 11.3 Å². The molecule has 0 radical (unpaired) electrons. The van der Waals surface area contributed by atoms with E-state index in [1.807, 2.05) is 36.6 Å². The summed E-state index contributed by atoms with van der Waals surface area (Å²) in [6, 6.07) is 7.96. The Morgan fingerprint density at radius 2 is 2.19 bits per heavy atom. The number of benzene rings is 1. The average Bonchev–Trinajstić information content (AvgIpc) is 2.73. The van der Waals surface area contributed by atoms with Crippen LogP contribution in [0.15, 0.2) is 29.6 Å². The molecule has 0 atom stereocenters. The summed E-state index contributed by atoms with van der Waals surface area (Å²) in [6.07, 6.45) is 0.942. The van der Waals surface area contributed by atoms with Crippen LogP contribution in [-0.2, 0) is 4.74 Å². The molecule has 1 heterocycles. The number of rotatable bonds is 5. The molecule has 0 N–H and O–H groups in total. The smallest absolute Gasteiger partial charge is 0.189 e. The number of thiophene rings is 1. The number of hydrogen-bond donors (Lipinski definition) is 0. The Morgan fingerprint density at radius 3 is 3.00 bits per heavy atom. The molecule has 0 aliphatic heterocycles. The molecule has 1 aromatic heterocycles. The van der Waals surface area contributed by atoms with Crippen LogP contribution in [0.1, 0.15) is 23.7 Å². The fraction of sp³-hybridized carbons (Fsp3) is 0.308. The van der Waals surface area contributed by atoms with Gasteiger partial charge in [0.15, 0.2) is 5.78 Å². The minimum absolute atomic E-state index is 0.0749. The molecule has 0 spiro atoms. The summed E-state index contributed by atoms with van der Waals surface area (Å²) in [5.74, 6) is 0.0749. The van der Waals surface area contributed by atoms with Gasteiger partial charge in [0, 0.05) is 27.6 Å². The maximum atomic E-state index is 11.9. The summed E-state index contributed by atoms with van der Waals surface area (Å²) >= 11 is 1.61. The summed E-state index contributed by atoms with van der Waals surface area (Å²) in [6.45, 7) is 2.87. The number of carbonyl (C=O) groups excluding carboxylic acids is 1. The van der Waals surface area contributed by atoms with Gasteiger partial charge in [-0.1, -0.05) is 25.1 Å². The van der Waals surface area contributed by atoms with Gasteiger partial charge in [-0.05, 0) is 12.5 Å². The zero-order valence-electron chi connectivity index (χ0n) is 9.23. The van der Waals surface area contributed by atoms with Crippen molar-refractivity contribution in [3.05, 3.63) is 35.2 Å². The molecular weight excluding hydrogens is 220 g/mol. The number of ketones is 1. The molecule has 0 aliphatic carbocycles. The largest absolute Gasteiger partial charge is 0.373 e. The molecule has 1 aromatic carbocycles. The fourth-order valence-electron chi connectivity index (χ4n) is 1.58. The van der Waals surface area contributed by atoms with Crippen LogP contribution in [0.4, 0.5) is 0 Å². The van der Waals surface area contributed by atoms with Gasteiger partial charge in [0.2, 0.25) is 0 Å². The Kier molecular flexibility index (Phi) is 3.70. The maximum absolute atomic E-state index is 11.9. The number of hydrogen-bond acceptors (Lipinski definition) is 3. The Hall–Kier alpha value is -1.19. The summed E-state index contributed by atoms with van der Waals surface area (Å²) in [5.41, 5.74) is 0.789. The normalized spacial score (nSPS) is 10.8. The Morgan fingerprint density at radius 1 is 1.38 bits per heavy atom. The van der Waals surface area contributed by atoms with Crippen molar-refractivity contribution < 1.29 is 9.53 Å². The van der Waals surface area contributed by atoms with Crippen LogP contribution in [0.5, 0.6) is 0 Å². The van der Waals surface area contributed by atoms with Crippen LogP contribution >= 0.6 is 11.3 Å². The molecule has 2 rings (SSSR count). The van der Waals surface area contributed by atoms with E-state index in [9.17, 15) is 4.79 Å². The first-order chi connectivity index (χ1) is 7.83. The Balaban J connectivity index is 2.17. The molecular formula is C13H14O2S. The molecule has 16 heavy (non-hydrogen) atoms. The van der Waals surface area contributed by atoms with Gasteiger partial charge in [-0.3, -0.25) is 4.79 Å². The SMILES string of the molecule is CCCOCC(=O)c1csc2ccccc12. The molecule has 0 fully saturated rings. The van der Waals surface area contributed by atoms with Crippen molar-refractivity contribution in [3.63, 3.8) is 0 Å². The van der Waals surface area contributed by atoms with Gasteiger partial charge < -0.3 is 4.74 Å². The maximum Gasteiger partial charge on any atom is 0.189 e. The topological polar surface area (TPSA) is 26.3 Å². The highest BCUT2D eigenvalue weighted by molar-refractivity contribution is 7.17. The third kappa shape index (κ3) is 2.31. The van der Waals surface area contributed by atoms with Crippen LogP contribution < -0.4 is 0 Å². The summed E-state index contributed by atoms with van der Waals surface area (Å²) in [4.78, 5) is 11.9. The van der Waals surface area contributed by atoms with Crippen molar-refractivity contribution in [2.75, 3.05) is 13.2 Å². The lowest BCUT2D eigenvalue weighted by Crippen LogP contribution is -2.08. The first-order valence-electron chi connectivity index (χ1n) is 5.40. The Bertz CT molecular complexity index is 487. The molecule has 2 aromatic rings. The zero-order chi connectivity index (χ0) is 11.4. The van der Waals surface area contributed by atoms with Crippen LogP contribution in [0.25, 0.3) is 10.1 Å². The average molecular weight is 234 g/mol. The molecule has 84 valence electrons. The highest BCUT2D eigenvalue weighted by Gasteiger charge is 2.11. The Labute approximate surface area is 98.9 Å². The third-order valence-electron chi connectivity index (χ3n) is 2.36. The van der Waals surface area contributed by atoms with E-state index in [4.69, 9.17) is 4.74 Å². The molecule has 0 unspecified atom stereocenters. The van der Waals surface area contributed by atoms with Crippen molar-refractivity contribution in [3.8, 4) is 0 Å². The minimum atomic E-state index is 0.0749. The molecule has 0 saturated heterocycles. The number of fused-ring (bicyclic) bond motifs is 1. The van der Waals surface area contributed by atoms with Crippen molar-refractivity contribution in [2.24, 2.45) is 0 Å². The van der Waals surface area contributed by atoms with Crippen LogP contribution in [-0.4, -0.2) is 19.0 Å². The van der Waals surface area contributed by atoms with Crippen LogP contribution in [0, 0.1) is 0 Å². The second kappa shape index (κ2) is 5.23. The monoisotopic (exact) mass is 234 g/mol. The minimum Gasteiger partial charge on any atom is -0.373 e. The van der Waals surface area contributed by atoms with Gasteiger partial charge >= 0.3 is 0 Å². The lowest BCUT2D eigenvalue weighted by Gasteiger charge is -2.00. The van der Waals surface area contributed by atoms with E-state index in [1.165, 1.54) is 0 Å². The van der Waals surface area contributed by atoms with Crippen molar-refractivity contribution >= 4 is 27.2 Å². The first-order valence-corrected chi connectivity index (χ1v) is 6.28. The lowest BCUT2D eigenvalue weighted by molar-refractivity contribution is 0.0763. The van der Waals surface area contributed by atoms with Crippen molar-refractivity contribution in [1.82, 2.24) is 0 Å². The van der Waals surface area contributed by atoms with E-state index in [1.54, 1.807) is 11.3 Å². The second-order valence-corrected chi connectivity index (χ2v) is 4.53. The summed E-state index contributed by atoms with van der Waals surface area (Å²) in [5, 5.41) is 2.96. The highest BCUT2D eigenvalue weighted by Crippen LogP contribution is 2.25. The predicted octanol–water partition coefficient (Wildman–Crippen LogP) is 3.51. The van der Waals surface area contributed by atoms with Crippen molar-refractivity contribution in [1.29, 1.82) is 0 Å². The van der Waals surface area contributed by atoms with E-state index >= 15 is 0 Å². The van der Waals surface area contributed by atoms with Gasteiger partial charge in [0.05, 0.1) is 0 Å². The van der Waals surface area contributed by atoms with E-state index in [0.717, 1.165) is 22.1 Å². The molecule has 3 heteroatoms. The quantitative estimate of drug-likeness (QED) is 0.584. The standard InChI is InChI=1S/C13H14O2S/c1-2-7-15-8-12(14)11-9-16-13-6-4-3-5-10(11)13/h3-6,9H,2,7-8H2,1H3. The summed E-state index contributed by atoms with van der Waals surface area (Å²) in [7, 11) is 0. The lowest BCUT2D eigenvalue weighted by atomic mass is 10.1. The van der Waals surface area contributed by atoms with E-state index < -0.39 is 0 Å². The van der Waals surface area contributed by atoms with Crippen molar-refractivity contribution in [2.45, 2.75) is 13.3 Å². The molecule has 0 saturated carbocycles. The zero-order valence-corrected chi connectivity index (χ0v) is 10.0. The second-order valence-electron chi connectivity index (χ2n) is 3.62. The number of Topliss-reactive ketones (excluding diaryl/α,β-unsaturated/α-hetero) is 1. The molecule has 0 aliphatic rings. The van der Waals surface area contributed by atoms with Gasteiger partial charge in [0.1, 0.15) is 6.61 Å². The van der Waals surface area contributed by atoms with Gasteiger partial charge in [0.25, 0.3) is 0 Å². The van der Waals surface area contributed by atoms with Gasteiger partial charge in [-0.2, -0.15) is 0 Å². The first kappa shape index (κ1) is 11.3. The molecule has 0 bridgehead atoms.